The van der Waals surface area contributed by atoms with Crippen LogP contribution in [-0.2, 0) is 16.4 Å². The molecule has 1 saturated heterocycles. The highest BCUT2D eigenvalue weighted by Gasteiger charge is 2.31. The second-order valence-electron chi connectivity index (χ2n) is 4.27. The average Bonchev–Trinajstić information content (AvgIpc) is 2.85. The van der Waals surface area contributed by atoms with Crippen molar-refractivity contribution in [3.05, 3.63) is 5.82 Å². The molecule has 0 aromatic carbocycles. The van der Waals surface area contributed by atoms with E-state index in [1.807, 2.05) is 0 Å². The third kappa shape index (κ3) is 3.01. The summed E-state index contributed by atoms with van der Waals surface area (Å²) in [6.45, 7) is 3.56. The normalized spacial score (nSPS) is 23.0. The predicted molar refractivity (Wildman–Crippen MR) is 62.1 cm³/mol. The van der Waals surface area contributed by atoms with E-state index in [1.165, 1.54) is 0 Å². The van der Waals surface area contributed by atoms with Gasteiger partial charge in [-0.2, -0.15) is 0 Å². The van der Waals surface area contributed by atoms with Gasteiger partial charge in [-0.3, -0.25) is 0 Å². The maximum atomic E-state index is 11.4. The molecule has 1 aliphatic rings. The lowest BCUT2D eigenvalue weighted by Gasteiger charge is -2.10. The molecule has 1 aromatic heterocycles. The Morgan fingerprint density at radius 3 is 3.00 bits per heavy atom. The van der Waals surface area contributed by atoms with E-state index in [0.717, 1.165) is 13.0 Å². The minimum Gasteiger partial charge on any atom is -0.310 e. The van der Waals surface area contributed by atoms with Crippen molar-refractivity contribution in [2.45, 2.75) is 32.4 Å². The van der Waals surface area contributed by atoms with E-state index in [2.05, 4.69) is 27.8 Å². The third-order valence-corrected chi connectivity index (χ3v) is 4.58. The summed E-state index contributed by atoms with van der Waals surface area (Å²) >= 11 is 0. The van der Waals surface area contributed by atoms with Gasteiger partial charge in [0.2, 0.25) is 0 Å². The summed E-state index contributed by atoms with van der Waals surface area (Å²) < 4.78 is 24.5. The zero-order valence-electron chi connectivity index (χ0n) is 9.83. The Labute approximate surface area is 101 Å². The van der Waals surface area contributed by atoms with Crippen LogP contribution in [0.3, 0.4) is 0 Å². The van der Waals surface area contributed by atoms with E-state index in [1.54, 1.807) is 4.68 Å². The molecular weight excluding hydrogens is 242 g/mol. The summed E-state index contributed by atoms with van der Waals surface area (Å²) in [6.07, 6.45) is 1.65. The number of nitrogens with one attached hydrogen (secondary N) is 1. The SMILES string of the molecule is CCCNCc1nnnn1C1CCS(=O)(=O)C1. The number of sulfone groups is 1. The first-order valence-electron chi connectivity index (χ1n) is 5.80. The van der Waals surface area contributed by atoms with Crippen LogP contribution < -0.4 is 5.32 Å². The van der Waals surface area contributed by atoms with Crippen LogP contribution in [0.25, 0.3) is 0 Å². The lowest BCUT2D eigenvalue weighted by molar-refractivity contribution is 0.457. The Hall–Kier alpha value is -1.02. The number of nitrogens with zero attached hydrogens (tertiary/aromatic N) is 4. The van der Waals surface area contributed by atoms with Gasteiger partial charge in [-0.1, -0.05) is 6.92 Å². The molecular formula is C9H17N5O2S. The van der Waals surface area contributed by atoms with Crippen molar-refractivity contribution in [3.8, 4) is 0 Å². The van der Waals surface area contributed by atoms with Gasteiger partial charge < -0.3 is 5.32 Å². The van der Waals surface area contributed by atoms with E-state index < -0.39 is 9.84 Å². The lowest BCUT2D eigenvalue weighted by atomic mass is 10.3. The van der Waals surface area contributed by atoms with Crippen LogP contribution in [0.15, 0.2) is 0 Å². The van der Waals surface area contributed by atoms with Crippen LogP contribution in [0.2, 0.25) is 0 Å². The van der Waals surface area contributed by atoms with Crippen molar-refractivity contribution >= 4 is 9.84 Å². The van der Waals surface area contributed by atoms with E-state index in [-0.39, 0.29) is 17.5 Å². The van der Waals surface area contributed by atoms with Crippen LogP contribution in [0.4, 0.5) is 0 Å². The van der Waals surface area contributed by atoms with Crippen LogP contribution in [0, 0.1) is 0 Å². The Balaban J connectivity index is 2.04. The Kier molecular flexibility index (Phi) is 3.72. The first-order valence-corrected chi connectivity index (χ1v) is 7.62. The van der Waals surface area contributed by atoms with Gasteiger partial charge in [0.1, 0.15) is 0 Å². The van der Waals surface area contributed by atoms with E-state index >= 15 is 0 Å². The van der Waals surface area contributed by atoms with Crippen LogP contribution in [0.1, 0.15) is 31.6 Å². The number of hydrogen-bond acceptors (Lipinski definition) is 6. The largest absolute Gasteiger partial charge is 0.310 e. The van der Waals surface area contributed by atoms with Crippen molar-refractivity contribution in [1.29, 1.82) is 0 Å². The van der Waals surface area contributed by atoms with Crippen molar-refractivity contribution < 1.29 is 8.42 Å². The molecule has 1 unspecified atom stereocenters. The Morgan fingerprint density at radius 2 is 2.35 bits per heavy atom. The first kappa shape index (κ1) is 12.4. The maximum absolute atomic E-state index is 11.4. The van der Waals surface area contributed by atoms with Crippen molar-refractivity contribution in [2.75, 3.05) is 18.1 Å². The summed E-state index contributed by atoms with van der Waals surface area (Å²) in [6, 6.07) is -0.103. The highest BCUT2D eigenvalue weighted by Crippen LogP contribution is 2.23. The molecule has 0 spiro atoms. The minimum absolute atomic E-state index is 0.103. The molecule has 0 aliphatic carbocycles. The van der Waals surface area contributed by atoms with Gasteiger partial charge in [-0.25, -0.2) is 13.1 Å². The van der Waals surface area contributed by atoms with Gasteiger partial charge in [0.15, 0.2) is 15.7 Å². The molecule has 0 amide bonds. The van der Waals surface area contributed by atoms with Gasteiger partial charge in [0.25, 0.3) is 0 Å². The predicted octanol–water partition coefficient (Wildman–Crippen LogP) is -0.468. The second kappa shape index (κ2) is 5.09. The molecule has 7 nitrogen and oxygen atoms in total. The number of aromatic nitrogens is 4. The van der Waals surface area contributed by atoms with Crippen LogP contribution in [0.5, 0.6) is 0 Å². The zero-order chi connectivity index (χ0) is 12.3. The minimum atomic E-state index is -2.90. The fourth-order valence-corrected chi connectivity index (χ4v) is 3.65. The van der Waals surface area contributed by atoms with Gasteiger partial charge in [0, 0.05) is 0 Å². The number of rotatable bonds is 5. The summed E-state index contributed by atoms with van der Waals surface area (Å²) in [5.41, 5.74) is 0. The number of hydrogen-bond donors (Lipinski definition) is 1. The molecule has 8 heteroatoms. The molecule has 0 radical (unpaired) electrons. The summed E-state index contributed by atoms with van der Waals surface area (Å²) in [5, 5.41) is 14.6. The summed E-state index contributed by atoms with van der Waals surface area (Å²) in [5.74, 6) is 1.10. The Morgan fingerprint density at radius 1 is 1.53 bits per heavy atom. The summed E-state index contributed by atoms with van der Waals surface area (Å²) in [4.78, 5) is 0. The van der Waals surface area contributed by atoms with Gasteiger partial charge >= 0.3 is 0 Å². The highest BCUT2D eigenvalue weighted by atomic mass is 32.2. The fraction of sp³-hybridized carbons (Fsp3) is 0.889. The first-order chi connectivity index (χ1) is 8.12. The quantitative estimate of drug-likeness (QED) is 0.719. The fourth-order valence-electron chi connectivity index (χ4n) is 1.96. The van der Waals surface area contributed by atoms with Crippen LogP contribution in [-0.4, -0.2) is 46.7 Å². The molecule has 1 aliphatic heterocycles. The van der Waals surface area contributed by atoms with E-state index in [0.29, 0.717) is 18.8 Å². The maximum Gasteiger partial charge on any atom is 0.165 e. The zero-order valence-corrected chi connectivity index (χ0v) is 10.7. The van der Waals surface area contributed by atoms with Gasteiger partial charge in [-0.15, -0.1) is 5.10 Å². The smallest absolute Gasteiger partial charge is 0.165 e. The van der Waals surface area contributed by atoms with E-state index in [4.69, 9.17) is 0 Å². The average molecular weight is 259 g/mol. The van der Waals surface area contributed by atoms with Gasteiger partial charge in [0.05, 0.1) is 24.1 Å². The van der Waals surface area contributed by atoms with Crippen LogP contribution >= 0.6 is 0 Å². The lowest BCUT2D eigenvalue weighted by Crippen LogP contribution is -2.21. The summed E-state index contributed by atoms with van der Waals surface area (Å²) in [7, 11) is -2.90. The van der Waals surface area contributed by atoms with Crippen molar-refractivity contribution in [2.24, 2.45) is 0 Å². The molecule has 17 heavy (non-hydrogen) atoms. The molecule has 2 rings (SSSR count). The molecule has 1 N–H and O–H groups in total. The van der Waals surface area contributed by atoms with Gasteiger partial charge in [-0.05, 0) is 29.8 Å². The topological polar surface area (TPSA) is 89.8 Å². The van der Waals surface area contributed by atoms with Crippen molar-refractivity contribution in [3.63, 3.8) is 0 Å². The second-order valence-corrected chi connectivity index (χ2v) is 6.50. The Bertz CT molecular complexity index is 469. The molecule has 96 valence electrons. The monoisotopic (exact) mass is 259 g/mol. The standard InChI is InChI=1S/C9H17N5O2S/c1-2-4-10-6-9-11-12-13-14(9)8-3-5-17(15,16)7-8/h8,10H,2-7H2,1H3. The molecule has 1 aromatic rings. The highest BCUT2D eigenvalue weighted by molar-refractivity contribution is 7.91. The van der Waals surface area contributed by atoms with Crippen molar-refractivity contribution in [1.82, 2.24) is 25.5 Å². The molecule has 2 heterocycles. The molecule has 1 fully saturated rings. The molecule has 0 saturated carbocycles. The third-order valence-electron chi connectivity index (χ3n) is 2.83. The van der Waals surface area contributed by atoms with E-state index in [9.17, 15) is 8.42 Å². The molecule has 1 atom stereocenters. The molecule has 0 bridgehead atoms. The number of tetrazole rings is 1.